The SMILES string of the molecule is Cc1nn(Cc2nnn(C)n2)c(C)c1C1COCCN1C. The average Bonchev–Trinajstić information content (AvgIpc) is 2.96. The third-order valence-electron chi connectivity index (χ3n) is 4.01. The van der Waals surface area contributed by atoms with Gasteiger partial charge >= 0.3 is 0 Å². The highest BCUT2D eigenvalue weighted by Crippen LogP contribution is 2.28. The molecule has 8 nitrogen and oxygen atoms in total. The van der Waals surface area contributed by atoms with Crippen molar-refractivity contribution in [2.75, 3.05) is 26.8 Å². The number of likely N-dealkylation sites (N-methyl/N-ethyl adjacent to an activating group) is 1. The van der Waals surface area contributed by atoms with Crippen molar-refractivity contribution < 1.29 is 4.74 Å². The number of rotatable bonds is 3. The minimum atomic E-state index is 0.266. The van der Waals surface area contributed by atoms with Crippen LogP contribution in [0.3, 0.4) is 0 Å². The van der Waals surface area contributed by atoms with Crippen LogP contribution < -0.4 is 0 Å². The minimum absolute atomic E-state index is 0.266. The number of aromatic nitrogens is 6. The van der Waals surface area contributed by atoms with E-state index in [4.69, 9.17) is 4.74 Å². The zero-order valence-electron chi connectivity index (χ0n) is 12.9. The Kier molecular flexibility index (Phi) is 3.73. The van der Waals surface area contributed by atoms with Gasteiger partial charge in [0.2, 0.25) is 0 Å². The summed E-state index contributed by atoms with van der Waals surface area (Å²) >= 11 is 0. The van der Waals surface area contributed by atoms with Crippen molar-refractivity contribution in [3.8, 4) is 0 Å². The van der Waals surface area contributed by atoms with E-state index in [2.05, 4.69) is 39.4 Å². The summed E-state index contributed by atoms with van der Waals surface area (Å²) in [5.74, 6) is 0.669. The molecular weight excluding hydrogens is 270 g/mol. The number of nitrogens with zero attached hydrogens (tertiary/aromatic N) is 7. The van der Waals surface area contributed by atoms with E-state index in [9.17, 15) is 0 Å². The predicted octanol–water partition coefficient (Wildman–Crippen LogP) is 0.0748. The second-order valence-corrected chi connectivity index (χ2v) is 5.51. The topological polar surface area (TPSA) is 73.9 Å². The molecule has 0 spiro atoms. The van der Waals surface area contributed by atoms with Crippen LogP contribution in [0.1, 0.15) is 28.8 Å². The summed E-state index contributed by atoms with van der Waals surface area (Å²) in [5, 5.41) is 16.7. The minimum Gasteiger partial charge on any atom is -0.378 e. The van der Waals surface area contributed by atoms with Gasteiger partial charge in [0.1, 0.15) is 6.54 Å². The Bertz CT molecular complexity index is 632. The number of hydrogen-bond donors (Lipinski definition) is 0. The summed E-state index contributed by atoms with van der Waals surface area (Å²) in [6.07, 6.45) is 0. The molecule has 21 heavy (non-hydrogen) atoms. The van der Waals surface area contributed by atoms with Crippen LogP contribution in [-0.2, 0) is 18.3 Å². The van der Waals surface area contributed by atoms with E-state index in [1.165, 1.54) is 10.4 Å². The summed E-state index contributed by atoms with van der Waals surface area (Å²) in [4.78, 5) is 3.79. The predicted molar refractivity (Wildman–Crippen MR) is 75.8 cm³/mol. The molecule has 0 amide bonds. The summed E-state index contributed by atoms with van der Waals surface area (Å²) < 4.78 is 7.58. The van der Waals surface area contributed by atoms with Crippen LogP contribution in [-0.4, -0.2) is 61.7 Å². The lowest BCUT2D eigenvalue weighted by Crippen LogP contribution is -2.37. The van der Waals surface area contributed by atoms with E-state index in [-0.39, 0.29) is 6.04 Å². The molecule has 114 valence electrons. The van der Waals surface area contributed by atoms with E-state index in [0.29, 0.717) is 19.0 Å². The fraction of sp³-hybridized carbons (Fsp3) is 0.692. The normalized spacial score (nSPS) is 20.1. The molecule has 3 heterocycles. The first kappa shape index (κ1) is 14.2. The first-order chi connectivity index (χ1) is 10.1. The Balaban J connectivity index is 1.88. The lowest BCUT2D eigenvalue weighted by molar-refractivity contribution is 0.00457. The first-order valence-electron chi connectivity index (χ1n) is 7.11. The van der Waals surface area contributed by atoms with Crippen LogP contribution in [0.4, 0.5) is 0 Å². The van der Waals surface area contributed by atoms with Gasteiger partial charge in [-0.3, -0.25) is 9.58 Å². The number of morpholine rings is 1. The van der Waals surface area contributed by atoms with Crippen molar-refractivity contribution in [1.29, 1.82) is 0 Å². The van der Waals surface area contributed by atoms with Gasteiger partial charge in [0, 0.05) is 17.8 Å². The molecule has 0 bridgehead atoms. The summed E-state index contributed by atoms with van der Waals surface area (Å²) in [5.41, 5.74) is 3.43. The van der Waals surface area contributed by atoms with Gasteiger partial charge in [-0.2, -0.15) is 9.90 Å². The van der Waals surface area contributed by atoms with Gasteiger partial charge in [0.05, 0.1) is 32.0 Å². The fourth-order valence-corrected chi connectivity index (χ4v) is 2.86. The van der Waals surface area contributed by atoms with E-state index >= 15 is 0 Å². The molecule has 0 aliphatic carbocycles. The standard InChI is InChI=1S/C13H21N7O/c1-9-13(11-8-21-6-5-18(11)3)10(2)20(15-9)7-12-14-17-19(4)16-12/h11H,5-8H2,1-4H3. The highest BCUT2D eigenvalue weighted by Gasteiger charge is 2.27. The molecule has 3 rings (SSSR count). The molecule has 2 aromatic heterocycles. The van der Waals surface area contributed by atoms with Gasteiger partial charge in [-0.1, -0.05) is 0 Å². The van der Waals surface area contributed by atoms with Crippen LogP contribution in [0.5, 0.6) is 0 Å². The molecular formula is C13H21N7O. The molecule has 1 aliphatic rings. The third kappa shape index (κ3) is 2.68. The van der Waals surface area contributed by atoms with Crippen LogP contribution in [0, 0.1) is 13.8 Å². The molecule has 1 saturated heterocycles. The van der Waals surface area contributed by atoms with Crippen LogP contribution >= 0.6 is 0 Å². The van der Waals surface area contributed by atoms with Gasteiger partial charge in [-0.15, -0.1) is 10.2 Å². The number of ether oxygens (including phenoxy) is 1. The molecule has 8 heteroatoms. The Hall–Kier alpha value is -1.80. The smallest absolute Gasteiger partial charge is 0.196 e. The van der Waals surface area contributed by atoms with Gasteiger partial charge < -0.3 is 4.74 Å². The average molecular weight is 291 g/mol. The second-order valence-electron chi connectivity index (χ2n) is 5.51. The lowest BCUT2D eigenvalue weighted by atomic mass is 10.0. The molecule has 1 unspecified atom stereocenters. The van der Waals surface area contributed by atoms with E-state index in [0.717, 1.165) is 24.5 Å². The third-order valence-corrected chi connectivity index (χ3v) is 4.01. The lowest BCUT2D eigenvalue weighted by Gasteiger charge is -2.32. The Morgan fingerprint density at radius 2 is 2.05 bits per heavy atom. The van der Waals surface area contributed by atoms with E-state index in [1.807, 2.05) is 11.6 Å². The molecule has 0 radical (unpaired) electrons. The van der Waals surface area contributed by atoms with Gasteiger partial charge in [0.25, 0.3) is 0 Å². The molecule has 1 atom stereocenters. The van der Waals surface area contributed by atoms with Crippen molar-refractivity contribution in [2.24, 2.45) is 7.05 Å². The van der Waals surface area contributed by atoms with E-state index < -0.39 is 0 Å². The summed E-state index contributed by atoms with van der Waals surface area (Å²) in [6.45, 7) is 7.13. The van der Waals surface area contributed by atoms with Crippen molar-refractivity contribution in [3.05, 3.63) is 22.8 Å². The maximum atomic E-state index is 5.63. The monoisotopic (exact) mass is 291 g/mol. The highest BCUT2D eigenvalue weighted by molar-refractivity contribution is 5.29. The number of tetrazole rings is 1. The zero-order chi connectivity index (χ0) is 15.0. The Morgan fingerprint density at radius 1 is 1.24 bits per heavy atom. The molecule has 2 aromatic rings. The van der Waals surface area contributed by atoms with Gasteiger partial charge in [0.15, 0.2) is 5.82 Å². The van der Waals surface area contributed by atoms with Crippen molar-refractivity contribution >= 4 is 0 Å². The molecule has 0 aromatic carbocycles. The maximum absolute atomic E-state index is 5.63. The molecule has 0 saturated carbocycles. The fourth-order valence-electron chi connectivity index (χ4n) is 2.86. The van der Waals surface area contributed by atoms with Gasteiger partial charge in [-0.05, 0) is 26.1 Å². The zero-order valence-corrected chi connectivity index (χ0v) is 12.9. The van der Waals surface area contributed by atoms with Crippen molar-refractivity contribution in [3.63, 3.8) is 0 Å². The van der Waals surface area contributed by atoms with Crippen LogP contribution in [0.2, 0.25) is 0 Å². The first-order valence-corrected chi connectivity index (χ1v) is 7.11. The van der Waals surface area contributed by atoms with Gasteiger partial charge in [-0.25, -0.2) is 0 Å². The number of aryl methyl sites for hydroxylation is 2. The molecule has 1 fully saturated rings. The Morgan fingerprint density at radius 3 is 2.71 bits per heavy atom. The van der Waals surface area contributed by atoms with Crippen LogP contribution in [0.15, 0.2) is 0 Å². The largest absolute Gasteiger partial charge is 0.378 e. The quantitative estimate of drug-likeness (QED) is 0.797. The van der Waals surface area contributed by atoms with Crippen molar-refractivity contribution in [1.82, 2.24) is 34.9 Å². The highest BCUT2D eigenvalue weighted by atomic mass is 16.5. The second kappa shape index (κ2) is 5.53. The summed E-state index contributed by atoms with van der Waals surface area (Å²) in [7, 11) is 3.89. The maximum Gasteiger partial charge on any atom is 0.196 e. The molecule has 1 aliphatic heterocycles. The number of hydrogen-bond acceptors (Lipinski definition) is 6. The van der Waals surface area contributed by atoms with E-state index in [1.54, 1.807) is 7.05 Å². The summed E-state index contributed by atoms with van der Waals surface area (Å²) in [6, 6.07) is 0.266. The Labute approximate surface area is 123 Å². The van der Waals surface area contributed by atoms with Crippen LogP contribution in [0.25, 0.3) is 0 Å². The molecule has 0 N–H and O–H groups in total. The van der Waals surface area contributed by atoms with Crippen molar-refractivity contribution in [2.45, 2.75) is 26.4 Å².